The number of aliphatic hydroxyl groups is 3. The minimum atomic E-state index is -0.916. The first-order valence-corrected chi connectivity index (χ1v) is 7.63. The van der Waals surface area contributed by atoms with Crippen molar-refractivity contribution in [2.75, 3.05) is 23.8 Å². The molecule has 1 aliphatic rings. The summed E-state index contributed by atoms with van der Waals surface area (Å²) in [4.78, 5) is 22.9. The third-order valence-electron chi connectivity index (χ3n) is 3.57. The number of ether oxygens (including phenoxy) is 2. The molecule has 9 nitrogen and oxygen atoms in total. The van der Waals surface area contributed by atoms with Crippen LogP contribution in [-0.2, 0) is 16.2 Å². The second kappa shape index (κ2) is 7.40. The summed E-state index contributed by atoms with van der Waals surface area (Å²) in [5.74, 6) is -0.827. The Hall–Kier alpha value is -3.14. The van der Waals surface area contributed by atoms with Crippen molar-refractivity contribution in [2.24, 2.45) is 0 Å². The lowest BCUT2D eigenvalue weighted by atomic mass is 10.1. The van der Waals surface area contributed by atoms with E-state index in [1.54, 1.807) is 18.2 Å². The number of aliphatic hydroxyl groups excluding tert-OH is 3. The maximum Gasteiger partial charge on any atom is 0.337 e. The summed E-state index contributed by atoms with van der Waals surface area (Å²) < 4.78 is 10.8. The van der Waals surface area contributed by atoms with Gasteiger partial charge >= 0.3 is 5.97 Å². The lowest BCUT2D eigenvalue weighted by molar-refractivity contribution is -0.137. The van der Waals surface area contributed by atoms with E-state index in [0.717, 1.165) is 0 Å². The van der Waals surface area contributed by atoms with E-state index in [1.165, 1.54) is 12.1 Å². The number of carbonyl (C=O) groups is 2. The van der Waals surface area contributed by atoms with Crippen molar-refractivity contribution < 1.29 is 34.4 Å². The van der Waals surface area contributed by atoms with Crippen molar-refractivity contribution in [1.82, 2.24) is 0 Å². The molecule has 0 unspecified atom stereocenters. The van der Waals surface area contributed by atoms with Crippen molar-refractivity contribution in [2.45, 2.75) is 6.61 Å². The Morgan fingerprint density at radius 1 is 1.04 bits per heavy atom. The second-order valence-corrected chi connectivity index (χ2v) is 5.40. The lowest BCUT2D eigenvalue weighted by Crippen LogP contribution is -2.19. The van der Waals surface area contributed by atoms with Crippen LogP contribution in [0.25, 0.3) is 0 Å². The Bertz CT molecular complexity index is 866. The Kier molecular flexibility index (Phi) is 5.03. The lowest BCUT2D eigenvalue weighted by Gasteiger charge is -2.24. The molecular weight excluding hydrogens is 344 g/mol. The van der Waals surface area contributed by atoms with Crippen molar-refractivity contribution in [3.63, 3.8) is 0 Å². The fourth-order valence-electron chi connectivity index (χ4n) is 2.40. The molecule has 9 heteroatoms. The van der Waals surface area contributed by atoms with Crippen LogP contribution >= 0.6 is 0 Å². The zero-order chi connectivity index (χ0) is 18.7. The van der Waals surface area contributed by atoms with Gasteiger partial charge in [-0.1, -0.05) is 6.07 Å². The highest BCUT2D eigenvalue weighted by Gasteiger charge is 2.22. The van der Waals surface area contributed by atoms with E-state index in [4.69, 9.17) is 19.7 Å². The number of hydrogen-bond donors (Lipinski definition) is 5. The highest BCUT2D eigenvalue weighted by molar-refractivity contribution is 5.95. The van der Waals surface area contributed by atoms with Crippen molar-refractivity contribution in [1.29, 1.82) is 0 Å². The molecule has 2 aromatic carbocycles. The highest BCUT2D eigenvalue weighted by Crippen LogP contribution is 2.46. The molecule has 0 fully saturated rings. The van der Waals surface area contributed by atoms with Gasteiger partial charge < -0.3 is 35.4 Å². The van der Waals surface area contributed by atoms with Gasteiger partial charge in [0.25, 0.3) is 0 Å². The SMILES string of the molecule is O=C(CO)Nc1cc2c(cc1OC(=O)CO)Oc1ccc(CO)cc1N2. The van der Waals surface area contributed by atoms with E-state index in [9.17, 15) is 14.7 Å². The molecule has 26 heavy (non-hydrogen) atoms. The highest BCUT2D eigenvalue weighted by atomic mass is 16.5. The predicted molar refractivity (Wildman–Crippen MR) is 90.6 cm³/mol. The van der Waals surface area contributed by atoms with E-state index in [1.807, 2.05) is 0 Å². The number of benzene rings is 2. The molecule has 0 saturated carbocycles. The molecule has 1 heterocycles. The van der Waals surface area contributed by atoms with Gasteiger partial charge in [-0.2, -0.15) is 0 Å². The summed E-state index contributed by atoms with van der Waals surface area (Å²) in [7, 11) is 0. The number of anilines is 3. The Morgan fingerprint density at radius 2 is 1.81 bits per heavy atom. The zero-order valence-corrected chi connectivity index (χ0v) is 13.5. The molecule has 0 spiro atoms. The van der Waals surface area contributed by atoms with Gasteiger partial charge in [0.1, 0.15) is 13.2 Å². The normalized spacial score (nSPS) is 11.5. The Labute approximate surface area is 147 Å². The summed E-state index contributed by atoms with van der Waals surface area (Å²) in [6, 6.07) is 7.94. The van der Waals surface area contributed by atoms with Crippen LogP contribution in [0.15, 0.2) is 30.3 Å². The molecule has 2 aromatic rings. The van der Waals surface area contributed by atoms with Crippen molar-refractivity contribution in [3.8, 4) is 17.2 Å². The van der Waals surface area contributed by atoms with Crippen molar-refractivity contribution in [3.05, 3.63) is 35.9 Å². The maximum absolute atomic E-state index is 11.5. The molecule has 0 saturated heterocycles. The molecule has 1 aliphatic heterocycles. The van der Waals surface area contributed by atoms with Gasteiger partial charge in [0.2, 0.25) is 5.91 Å². The maximum atomic E-state index is 11.5. The molecule has 0 radical (unpaired) electrons. The summed E-state index contributed by atoms with van der Waals surface area (Å²) in [6.45, 7) is -1.72. The monoisotopic (exact) mass is 360 g/mol. The van der Waals surface area contributed by atoms with E-state index in [0.29, 0.717) is 28.4 Å². The number of esters is 1. The number of rotatable bonds is 5. The number of nitrogens with one attached hydrogen (secondary N) is 2. The summed E-state index contributed by atoms with van der Waals surface area (Å²) in [5, 5.41) is 32.5. The van der Waals surface area contributed by atoms with Crippen LogP contribution in [0, 0.1) is 0 Å². The fraction of sp³-hybridized carbons (Fsp3) is 0.176. The van der Waals surface area contributed by atoms with Gasteiger partial charge in [-0.25, -0.2) is 4.79 Å². The smallest absolute Gasteiger partial charge is 0.337 e. The van der Waals surface area contributed by atoms with Gasteiger partial charge in [-0.15, -0.1) is 0 Å². The first kappa shape index (κ1) is 17.7. The number of hydrogen-bond acceptors (Lipinski definition) is 8. The quantitative estimate of drug-likeness (QED) is 0.334. The van der Waals surface area contributed by atoms with Crippen molar-refractivity contribution >= 4 is 28.9 Å². The van der Waals surface area contributed by atoms with Crippen LogP contribution in [0.5, 0.6) is 17.2 Å². The Balaban J connectivity index is 1.99. The first-order chi connectivity index (χ1) is 12.5. The third-order valence-corrected chi connectivity index (χ3v) is 3.57. The molecule has 0 aromatic heterocycles. The van der Waals surface area contributed by atoms with Crippen LogP contribution in [0.3, 0.4) is 0 Å². The van der Waals surface area contributed by atoms with Gasteiger partial charge in [0.05, 0.1) is 23.7 Å². The molecular formula is C17H16N2O7. The van der Waals surface area contributed by atoms with Crippen LogP contribution in [-0.4, -0.2) is 40.4 Å². The molecule has 136 valence electrons. The molecule has 0 atom stereocenters. The average Bonchev–Trinajstić information content (AvgIpc) is 2.66. The topological polar surface area (TPSA) is 137 Å². The minimum absolute atomic E-state index is 0.0400. The Morgan fingerprint density at radius 3 is 2.50 bits per heavy atom. The molecule has 0 aliphatic carbocycles. The van der Waals surface area contributed by atoms with Crippen LogP contribution < -0.4 is 20.1 Å². The summed E-state index contributed by atoms with van der Waals surface area (Å²) >= 11 is 0. The van der Waals surface area contributed by atoms with Gasteiger partial charge in [-0.3, -0.25) is 4.79 Å². The van der Waals surface area contributed by atoms with Crippen LogP contribution in [0.2, 0.25) is 0 Å². The van der Waals surface area contributed by atoms with Gasteiger partial charge in [-0.05, 0) is 23.8 Å². The molecule has 0 bridgehead atoms. The largest absolute Gasteiger partial charge is 0.453 e. The average molecular weight is 360 g/mol. The standard InChI is InChI=1S/C17H16N2O7/c20-6-9-1-2-13-10(3-9)18-11-4-12(19-16(23)7-21)15(5-14(11)25-13)26-17(24)8-22/h1-5,18,20-22H,6-8H2,(H,19,23). The van der Waals surface area contributed by atoms with E-state index < -0.39 is 25.1 Å². The fourth-order valence-corrected chi connectivity index (χ4v) is 2.40. The minimum Gasteiger partial charge on any atom is -0.453 e. The predicted octanol–water partition coefficient (Wildman–Crippen LogP) is 0.857. The van der Waals surface area contributed by atoms with Gasteiger partial charge in [0, 0.05) is 6.07 Å². The van der Waals surface area contributed by atoms with E-state index >= 15 is 0 Å². The van der Waals surface area contributed by atoms with E-state index in [2.05, 4.69) is 10.6 Å². The number of fused-ring (bicyclic) bond motifs is 2. The second-order valence-electron chi connectivity index (χ2n) is 5.40. The third kappa shape index (κ3) is 3.59. The van der Waals surface area contributed by atoms with E-state index in [-0.39, 0.29) is 18.0 Å². The number of amides is 1. The van der Waals surface area contributed by atoms with Crippen LogP contribution in [0.4, 0.5) is 17.1 Å². The summed E-state index contributed by atoms with van der Waals surface area (Å²) in [6.07, 6.45) is 0. The number of carbonyl (C=O) groups excluding carboxylic acids is 2. The molecule has 3 rings (SSSR count). The molecule has 5 N–H and O–H groups in total. The summed E-state index contributed by atoms with van der Waals surface area (Å²) in [5.41, 5.74) is 1.89. The molecule has 1 amide bonds. The zero-order valence-electron chi connectivity index (χ0n) is 13.5. The van der Waals surface area contributed by atoms with Crippen LogP contribution in [0.1, 0.15) is 5.56 Å². The van der Waals surface area contributed by atoms with Gasteiger partial charge in [0.15, 0.2) is 17.2 Å². The first-order valence-electron chi connectivity index (χ1n) is 7.63.